The molecule has 3 N–H and O–H groups in total. The van der Waals surface area contributed by atoms with Gasteiger partial charge in [0.1, 0.15) is 11.6 Å². The molecule has 28 heavy (non-hydrogen) atoms. The van der Waals surface area contributed by atoms with Crippen molar-refractivity contribution in [3.63, 3.8) is 0 Å². The predicted molar refractivity (Wildman–Crippen MR) is 107 cm³/mol. The Morgan fingerprint density at radius 2 is 2.04 bits per heavy atom. The van der Waals surface area contributed by atoms with Crippen molar-refractivity contribution in [3.05, 3.63) is 30.2 Å². The quantitative estimate of drug-likeness (QED) is 0.694. The van der Waals surface area contributed by atoms with Crippen LogP contribution in [0.15, 0.2) is 24.4 Å². The number of piperidine rings is 1. The van der Waals surface area contributed by atoms with Gasteiger partial charge in [0, 0.05) is 30.3 Å². The number of halogens is 1. The molecule has 7 nitrogen and oxygen atoms in total. The molecule has 0 spiro atoms. The predicted octanol–water partition coefficient (Wildman–Crippen LogP) is 2.67. The van der Waals surface area contributed by atoms with Gasteiger partial charge >= 0.3 is 0 Å². The van der Waals surface area contributed by atoms with Crippen molar-refractivity contribution in [1.29, 1.82) is 0 Å². The van der Waals surface area contributed by atoms with Crippen molar-refractivity contribution in [2.24, 2.45) is 5.73 Å². The van der Waals surface area contributed by atoms with Crippen molar-refractivity contribution in [1.82, 2.24) is 14.6 Å². The fraction of sp³-hybridized carbons (Fsp3) is 0.474. The minimum absolute atomic E-state index is 0.356. The molecule has 1 fully saturated rings. The molecule has 0 radical (unpaired) electrons. The molecular formula is C19H24FN5O2S. The SMILES string of the molecule is COc1cc(F)ccc1-c1cnc2sc(N3CCC(N)(C(C)(C)O)CC3)nn12. The van der Waals surface area contributed by atoms with E-state index >= 15 is 0 Å². The first-order valence-electron chi connectivity index (χ1n) is 9.16. The largest absolute Gasteiger partial charge is 0.496 e. The highest BCUT2D eigenvalue weighted by Crippen LogP contribution is 2.36. The number of imidazole rings is 1. The Morgan fingerprint density at radius 1 is 1.32 bits per heavy atom. The standard InChI is InChI=1S/C19H24FN5O2S/c1-18(2,26)19(21)6-8-24(9-7-19)17-23-25-14(11-22-16(25)28-17)13-5-4-12(20)10-15(13)27-3/h4-5,10-11,26H,6-9,21H2,1-3H3. The van der Waals surface area contributed by atoms with Gasteiger partial charge in [-0.05, 0) is 38.8 Å². The molecule has 1 saturated heterocycles. The molecule has 0 bridgehead atoms. The lowest BCUT2D eigenvalue weighted by molar-refractivity contribution is -0.0142. The minimum atomic E-state index is -0.928. The lowest BCUT2D eigenvalue weighted by atomic mass is 9.76. The summed E-state index contributed by atoms with van der Waals surface area (Å²) in [6.07, 6.45) is 3.07. The molecule has 1 aliphatic heterocycles. The third kappa shape index (κ3) is 3.13. The van der Waals surface area contributed by atoms with Gasteiger partial charge in [0.05, 0.1) is 24.6 Å². The molecule has 0 unspecified atom stereocenters. The Kier molecular flexibility index (Phi) is 4.56. The van der Waals surface area contributed by atoms with E-state index in [0.717, 1.165) is 21.3 Å². The van der Waals surface area contributed by atoms with Crippen LogP contribution in [0.3, 0.4) is 0 Å². The van der Waals surface area contributed by atoms with Crippen LogP contribution in [0.5, 0.6) is 5.75 Å². The number of nitrogens with two attached hydrogens (primary N) is 1. The maximum atomic E-state index is 13.5. The van der Waals surface area contributed by atoms with Gasteiger partial charge in [-0.25, -0.2) is 13.9 Å². The van der Waals surface area contributed by atoms with Crippen LogP contribution in [0.4, 0.5) is 9.52 Å². The maximum Gasteiger partial charge on any atom is 0.214 e. The number of hydrogen-bond acceptors (Lipinski definition) is 7. The van der Waals surface area contributed by atoms with E-state index < -0.39 is 11.1 Å². The van der Waals surface area contributed by atoms with E-state index in [2.05, 4.69) is 9.88 Å². The number of methoxy groups -OCH3 is 1. The second kappa shape index (κ2) is 6.68. The number of ether oxygens (including phenoxy) is 1. The number of fused-ring (bicyclic) bond motifs is 1. The first-order valence-corrected chi connectivity index (χ1v) is 9.98. The highest BCUT2D eigenvalue weighted by atomic mass is 32.1. The summed E-state index contributed by atoms with van der Waals surface area (Å²) >= 11 is 1.49. The van der Waals surface area contributed by atoms with E-state index in [-0.39, 0.29) is 5.82 Å². The average molecular weight is 405 g/mol. The highest BCUT2D eigenvalue weighted by Gasteiger charge is 2.43. The lowest BCUT2D eigenvalue weighted by Gasteiger charge is -2.46. The van der Waals surface area contributed by atoms with Crippen LogP contribution in [0.2, 0.25) is 0 Å². The summed E-state index contributed by atoms with van der Waals surface area (Å²) < 4.78 is 20.6. The summed E-state index contributed by atoms with van der Waals surface area (Å²) in [5.41, 5.74) is 6.37. The summed E-state index contributed by atoms with van der Waals surface area (Å²) in [5.74, 6) is 0.0816. The zero-order valence-electron chi connectivity index (χ0n) is 16.1. The van der Waals surface area contributed by atoms with Crippen molar-refractivity contribution in [3.8, 4) is 17.0 Å². The van der Waals surface area contributed by atoms with E-state index in [0.29, 0.717) is 31.7 Å². The topological polar surface area (TPSA) is 88.9 Å². The van der Waals surface area contributed by atoms with Gasteiger partial charge in [-0.3, -0.25) is 0 Å². The van der Waals surface area contributed by atoms with Crippen LogP contribution >= 0.6 is 11.3 Å². The summed E-state index contributed by atoms with van der Waals surface area (Å²) in [5, 5.41) is 15.9. The molecule has 3 aromatic rings. The molecule has 4 rings (SSSR count). The van der Waals surface area contributed by atoms with Gasteiger partial charge in [0.2, 0.25) is 10.1 Å². The zero-order chi connectivity index (χ0) is 20.1. The lowest BCUT2D eigenvalue weighted by Crippen LogP contribution is -2.62. The van der Waals surface area contributed by atoms with Crippen LogP contribution in [0.1, 0.15) is 26.7 Å². The Morgan fingerprint density at radius 3 is 2.68 bits per heavy atom. The van der Waals surface area contributed by atoms with Crippen LogP contribution < -0.4 is 15.4 Å². The van der Waals surface area contributed by atoms with Crippen LogP contribution in [0, 0.1) is 5.82 Å². The summed E-state index contributed by atoms with van der Waals surface area (Å²) in [6.45, 7) is 4.96. The summed E-state index contributed by atoms with van der Waals surface area (Å²) in [4.78, 5) is 7.38. The molecule has 3 heterocycles. The fourth-order valence-corrected chi connectivity index (χ4v) is 4.51. The third-order valence-corrected chi connectivity index (χ3v) is 6.64. The van der Waals surface area contributed by atoms with Gasteiger partial charge in [-0.2, -0.15) is 0 Å². The van der Waals surface area contributed by atoms with E-state index in [4.69, 9.17) is 15.6 Å². The Hall–Kier alpha value is -2.23. The van der Waals surface area contributed by atoms with E-state index in [9.17, 15) is 9.50 Å². The number of aromatic nitrogens is 3. The van der Waals surface area contributed by atoms with Crippen molar-refractivity contribution in [2.45, 2.75) is 37.8 Å². The maximum absolute atomic E-state index is 13.5. The Bertz CT molecular complexity index is 1000. The van der Waals surface area contributed by atoms with Gasteiger partial charge in [0.15, 0.2) is 0 Å². The molecule has 0 amide bonds. The first-order chi connectivity index (χ1) is 13.2. The molecule has 0 saturated carbocycles. The number of aliphatic hydroxyl groups is 1. The third-order valence-electron chi connectivity index (χ3n) is 5.66. The fourth-order valence-electron chi connectivity index (χ4n) is 3.58. The van der Waals surface area contributed by atoms with Gasteiger partial charge < -0.3 is 20.5 Å². The molecule has 0 atom stereocenters. The van der Waals surface area contributed by atoms with Crippen LogP contribution in [0.25, 0.3) is 16.2 Å². The Balaban J connectivity index is 1.63. The van der Waals surface area contributed by atoms with Crippen molar-refractivity contribution in [2.75, 3.05) is 25.1 Å². The second-order valence-corrected chi connectivity index (χ2v) is 8.70. The highest BCUT2D eigenvalue weighted by molar-refractivity contribution is 7.20. The van der Waals surface area contributed by atoms with Crippen LogP contribution in [-0.4, -0.2) is 51.0 Å². The number of hydrogen-bond donors (Lipinski definition) is 2. The first kappa shape index (κ1) is 19.1. The molecule has 150 valence electrons. The normalized spacial score (nSPS) is 17.3. The molecule has 9 heteroatoms. The molecule has 1 aromatic carbocycles. The molecule has 1 aliphatic rings. The smallest absolute Gasteiger partial charge is 0.214 e. The molecule has 0 aliphatic carbocycles. The molecule has 2 aromatic heterocycles. The number of rotatable bonds is 4. The van der Waals surface area contributed by atoms with Crippen LogP contribution in [-0.2, 0) is 0 Å². The van der Waals surface area contributed by atoms with Gasteiger partial charge in [-0.15, -0.1) is 5.10 Å². The second-order valence-electron chi connectivity index (χ2n) is 7.77. The van der Waals surface area contributed by atoms with Crippen molar-refractivity contribution >= 4 is 21.4 Å². The van der Waals surface area contributed by atoms with E-state index in [1.165, 1.54) is 30.6 Å². The number of anilines is 1. The average Bonchev–Trinajstić information content (AvgIpc) is 3.22. The number of benzene rings is 1. The van der Waals surface area contributed by atoms with Gasteiger partial charge in [-0.1, -0.05) is 11.3 Å². The zero-order valence-corrected chi connectivity index (χ0v) is 17.0. The van der Waals surface area contributed by atoms with E-state index in [1.807, 2.05) is 0 Å². The summed E-state index contributed by atoms with van der Waals surface area (Å²) in [6, 6.07) is 4.42. The van der Waals surface area contributed by atoms with E-state index in [1.54, 1.807) is 30.6 Å². The number of nitrogens with zero attached hydrogens (tertiary/aromatic N) is 4. The molecular weight excluding hydrogens is 381 g/mol. The van der Waals surface area contributed by atoms with Crippen molar-refractivity contribution < 1.29 is 14.2 Å². The Labute approximate surface area is 166 Å². The van der Waals surface area contributed by atoms with Gasteiger partial charge in [0.25, 0.3) is 0 Å². The monoisotopic (exact) mass is 405 g/mol. The minimum Gasteiger partial charge on any atom is -0.496 e. The summed E-state index contributed by atoms with van der Waals surface area (Å²) in [7, 11) is 1.51.